The van der Waals surface area contributed by atoms with E-state index in [0.29, 0.717) is 54.6 Å². The van der Waals surface area contributed by atoms with E-state index in [1.165, 1.54) is 0 Å². The number of piperidine rings is 1. The highest BCUT2D eigenvalue weighted by Gasteiger charge is 2.45. The number of ether oxygens (including phenoxy) is 1. The minimum Gasteiger partial charge on any atom is -0.494 e. The van der Waals surface area contributed by atoms with Gasteiger partial charge in [-0.3, -0.25) is 44.1 Å². The number of carbonyl (C=O) groups excluding carboxylic acids is 6. The minimum absolute atomic E-state index is 0.0531. The second-order valence-electron chi connectivity index (χ2n) is 14.1. The smallest absolute Gasteiger partial charge is 0.322 e. The molecule has 1 saturated heterocycles. The van der Waals surface area contributed by atoms with Gasteiger partial charge in [0.25, 0.3) is 17.7 Å². The standard InChI is InChI=1S/C41H47N9O8/c1-2-3-21-48(25-27-11-13-28(14-12-27)37(52)46-57)41(56)43-29-15-17-31(18-16-29)58-23-7-5-4-6-22-49-26-30(45-47-49)24-42-33-10-8-9-32-36(33)40(55)50(39(32)54)34-19-20-35(51)44-38(34)53/h8-18,26,34,42,57H,2-7,19-25H2,1H3,(H,43,56)(H,46,52)(H,44,51,53). The number of carbonyl (C=O) groups is 6. The fourth-order valence-electron chi connectivity index (χ4n) is 6.78. The molecule has 58 heavy (non-hydrogen) atoms. The van der Waals surface area contributed by atoms with Gasteiger partial charge in [-0.2, -0.15) is 0 Å². The van der Waals surface area contributed by atoms with Gasteiger partial charge in [-0.15, -0.1) is 5.10 Å². The monoisotopic (exact) mass is 793 g/mol. The summed E-state index contributed by atoms with van der Waals surface area (Å²) in [5.41, 5.74) is 4.94. The molecule has 3 heterocycles. The van der Waals surface area contributed by atoms with E-state index in [4.69, 9.17) is 9.94 Å². The molecule has 304 valence electrons. The number of fused-ring (bicyclic) bond motifs is 1. The van der Waals surface area contributed by atoms with Crippen molar-refractivity contribution in [1.82, 2.24) is 35.6 Å². The summed E-state index contributed by atoms with van der Waals surface area (Å²) in [6.45, 7) is 4.50. The second-order valence-corrected chi connectivity index (χ2v) is 14.1. The number of imide groups is 2. The Morgan fingerprint density at radius 3 is 2.47 bits per heavy atom. The predicted molar refractivity (Wildman–Crippen MR) is 211 cm³/mol. The first-order valence-corrected chi connectivity index (χ1v) is 19.4. The van der Waals surface area contributed by atoms with E-state index < -0.39 is 35.6 Å². The highest BCUT2D eigenvalue weighted by atomic mass is 16.5. The van der Waals surface area contributed by atoms with Crippen LogP contribution in [0.1, 0.15) is 101 Å². The lowest BCUT2D eigenvalue weighted by molar-refractivity contribution is -0.136. The molecule has 2 aliphatic rings. The molecule has 1 unspecified atom stereocenters. The minimum atomic E-state index is -1.03. The van der Waals surface area contributed by atoms with Gasteiger partial charge in [-0.05, 0) is 86.2 Å². The van der Waals surface area contributed by atoms with Crippen molar-refractivity contribution in [3.05, 3.63) is 101 Å². The molecule has 6 rings (SSSR count). The Morgan fingerprint density at radius 1 is 0.948 bits per heavy atom. The number of nitrogens with one attached hydrogen (secondary N) is 4. The zero-order valence-electron chi connectivity index (χ0n) is 32.2. The first-order valence-electron chi connectivity index (χ1n) is 19.4. The van der Waals surface area contributed by atoms with Crippen molar-refractivity contribution in [2.45, 2.75) is 84.0 Å². The lowest BCUT2D eigenvalue weighted by atomic mass is 10.0. The maximum atomic E-state index is 13.3. The summed E-state index contributed by atoms with van der Waals surface area (Å²) in [5.74, 6) is -2.10. The van der Waals surface area contributed by atoms with Gasteiger partial charge < -0.3 is 20.3 Å². The summed E-state index contributed by atoms with van der Waals surface area (Å²) in [4.78, 5) is 77.9. The maximum absolute atomic E-state index is 13.3. The van der Waals surface area contributed by atoms with Crippen molar-refractivity contribution in [3.63, 3.8) is 0 Å². The van der Waals surface area contributed by atoms with Crippen molar-refractivity contribution in [1.29, 1.82) is 0 Å². The highest BCUT2D eigenvalue weighted by molar-refractivity contribution is 6.25. The summed E-state index contributed by atoms with van der Waals surface area (Å²) in [7, 11) is 0. The molecule has 1 aromatic heterocycles. The summed E-state index contributed by atoms with van der Waals surface area (Å²) < 4.78 is 7.69. The van der Waals surface area contributed by atoms with E-state index in [-0.39, 0.29) is 36.5 Å². The predicted octanol–water partition coefficient (Wildman–Crippen LogP) is 4.88. The van der Waals surface area contributed by atoms with Crippen molar-refractivity contribution in [3.8, 4) is 5.75 Å². The molecule has 0 radical (unpaired) electrons. The maximum Gasteiger partial charge on any atom is 0.322 e. The molecule has 2 aliphatic heterocycles. The van der Waals surface area contributed by atoms with Crippen LogP contribution in [-0.2, 0) is 29.2 Å². The third-order valence-corrected chi connectivity index (χ3v) is 9.93. The van der Waals surface area contributed by atoms with Gasteiger partial charge >= 0.3 is 6.03 Å². The van der Waals surface area contributed by atoms with Gasteiger partial charge in [0.2, 0.25) is 11.8 Å². The molecular weight excluding hydrogens is 747 g/mol. The lowest BCUT2D eigenvalue weighted by Gasteiger charge is -2.27. The second kappa shape index (κ2) is 19.5. The van der Waals surface area contributed by atoms with Gasteiger partial charge in [0.05, 0.1) is 30.5 Å². The van der Waals surface area contributed by atoms with Crippen LogP contribution < -0.4 is 26.2 Å². The molecule has 0 bridgehead atoms. The molecule has 5 N–H and O–H groups in total. The molecule has 7 amide bonds. The van der Waals surface area contributed by atoms with E-state index in [1.54, 1.807) is 69.7 Å². The lowest BCUT2D eigenvalue weighted by Crippen LogP contribution is -2.54. The molecule has 1 atom stereocenters. The fourth-order valence-corrected chi connectivity index (χ4v) is 6.78. The number of anilines is 2. The molecule has 17 nitrogen and oxygen atoms in total. The molecule has 0 spiro atoms. The molecule has 17 heteroatoms. The van der Waals surface area contributed by atoms with Crippen LogP contribution in [0, 0.1) is 0 Å². The first kappa shape index (κ1) is 41.0. The molecular formula is C41H47N9O8. The Hall–Kier alpha value is -6.62. The molecule has 4 aromatic rings. The summed E-state index contributed by atoms with van der Waals surface area (Å²) in [6, 6.07) is 17.6. The van der Waals surface area contributed by atoms with Crippen LogP contribution in [0.3, 0.4) is 0 Å². The van der Waals surface area contributed by atoms with E-state index in [2.05, 4.69) is 33.2 Å². The third-order valence-electron chi connectivity index (χ3n) is 9.93. The van der Waals surface area contributed by atoms with Crippen molar-refractivity contribution in [2.75, 3.05) is 23.8 Å². The van der Waals surface area contributed by atoms with Gasteiger partial charge in [-0.25, -0.2) is 10.3 Å². The number of rotatable bonds is 19. The van der Waals surface area contributed by atoms with Crippen molar-refractivity contribution < 1.29 is 38.7 Å². The quantitative estimate of drug-likeness (QED) is 0.0373. The normalized spacial score (nSPS) is 14.9. The van der Waals surface area contributed by atoms with E-state index in [1.807, 2.05) is 18.3 Å². The highest BCUT2D eigenvalue weighted by Crippen LogP contribution is 2.32. The van der Waals surface area contributed by atoms with Crippen LogP contribution in [0.4, 0.5) is 16.2 Å². The van der Waals surface area contributed by atoms with E-state index in [9.17, 15) is 28.8 Å². The Balaban J connectivity index is 0.881. The SMILES string of the molecule is CCCCN(Cc1ccc(C(=O)NO)cc1)C(=O)Nc1ccc(OCCCCCCn2cc(CNc3cccc4c3C(=O)N(C3CCC(=O)NC3=O)C4=O)nn2)cc1. The van der Waals surface area contributed by atoms with Crippen molar-refractivity contribution in [2.24, 2.45) is 0 Å². The first-order chi connectivity index (χ1) is 28.1. The summed E-state index contributed by atoms with van der Waals surface area (Å²) in [6.07, 6.45) is 7.44. The average molecular weight is 794 g/mol. The third kappa shape index (κ3) is 10.2. The molecule has 1 fully saturated rings. The topological polar surface area (TPSA) is 217 Å². The fraction of sp³-hybridized carbons (Fsp3) is 0.366. The average Bonchev–Trinajstić information content (AvgIpc) is 3.79. The summed E-state index contributed by atoms with van der Waals surface area (Å²) in [5, 5.41) is 25.6. The van der Waals surface area contributed by atoms with Crippen molar-refractivity contribution >= 4 is 46.9 Å². The van der Waals surface area contributed by atoms with Crippen LogP contribution in [0.5, 0.6) is 5.75 Å². The zero-order valence-corrected chi connectivity index (χ0v) is 32.2. The van der Waals surface area contributed by atoms with Gasteiger partial charge in [-0.1, -0.05) is 43.2 Å². The van der Waals surface area contributed by atoms with Crippen LogP contribution in [0.15, 0.2) is 72.9 Å². The van der Waals surface area contributed by atoms with E-state index >= 15 is 0 Å². The van der Waals surface area contributed by atoms with Crippen LogP contribution in [0.2, 0.25) is 0 Å². The molecule has 3 aromatic carbocycles. The molecule has 0 saturated carbocycles. The number of aromatic nitrogens is 3. The summed E-state index contributed by atoms with van der Waals surface area (Å²) >= 11 is 0. The number of unbranched alkanes of at least 4 members (excludes halogenated alkanes) is 4. The Morgan fingerprint density at radius 2 is 1.72 bits per heavy atom. The van der Waals surface area contributed by atoms with Crippen LogP contribution >= 0.6 is 0 Å². The van der Waals surface area contributed by atoms with Crippen LogP contribution in [-0.4, -0.2) is 84.8 Å². The Kier molecular flexibility index (Phi) is 13.8. The number of hydrogen-bond donors (Lipinski definition) is 5. The van der Waals surface area contributed by atoms with Gasteiger partial charge in [0, 0.05) is 43.0 Å². The Labute approximate surface area is 335 Å². The number of aryl methyl sites for hydroxylation is 1. The zero-order chi connectivity index (χ0) is 41.0. The number of nitrogens with zero attached hydrogens (tertiary/aromatic N) is 5. The van der Waals surface area contributed by atoms with Crippen LogP contribution in [0.25, 0.3) is 0 Å². The number of benzene rings is 3. The number of hydroxylamine groups is 1. The van der Waals surface area contributed by atoms with Gasteiger partial charge in [0.1, 0.15) is 17.5 Å². The Bertz CT molecular complexity index is 2120. The number of amides is 7. The van der Waals surface area contributed by atoms with Gasteiger partial charge in [0.15, 0.2) is 0 Å². The number of urea groups is 1. The van der Waals surface area contributed by atoms with E-state index in [0.717, 1.165) is 49.0 Å². The number of hydrogen-bond acceptors (Lipinski definition) is 11. The molecule has 0 aliphatic carbocycles. The largest absolute Gasteiger partial charge is 0.494 e.